The minimum absolute atomic E-state index is 0. The van der Waals surface area contributed by atoms with Gasteiger partial charge in [0, 0.05) is 0 Å². The van der Waals surface area contributed by atoms with Crippen LogP contribution in [-0.2, 0) is 9.59 Å². The summed E-state index contributed by atoms with van der Waals surface area (Å²) in [6, 6.07) is 0. The molecule has 0 unspecified atom stereocenters. The molecule has 2 rings (SSSR count). The van der Waals surface area contributed by atoms with Gasteiger partial charge in [0.2, 0.25) is 0 Å². The molecule has 0 amide bonds. The number of quaternary nitrogens is 1. The molecule has 2 aromatic heterocycles. The van der Waals surface area contributed by atoms with Crippen LogP contribution in [0.1, 0.15) is 0 Å². The number of hydrogen-bond donors (Lipinski definition) is 3. The second-order valence-electron chi connectivity index (χ2n) is 3.43. The van der Waals surface area contributed by atoms with Crippen LogP contribution in [-0.4, -0.2) is 35.0 Å². The molecule has 0 fully saturated rings. The number of nitrogens with one attached hydrogen (secondary N) is 4. The van der Waals surface area contributed by atoms with Gasteiger partial charge in [0.25, 0.3) is 0 Å². The molecule has 0 radical (unpaired) electrons. The topological polar surface area (TPSA) is 157 Å². The summed E-state index contributed by atoms with van der Waals surface area (Å²) in [5, 5.41) is 20.3. The summed E-state index contributed by atoms with van der Waals surface area (Å²) in [6.45, 7) is -0.679. The summed E-state index contributed by atoms with van der Waals surface area (Å²) in [5.41, 5.74) is 0. The van der Waals surface area contributed by atoms with Crippen molar-refractivity contribution in [2.75, 3.05) is 13.1 Å². The molecule has 20 heavy (non-hydrogen) atoms. The number of carboxylic acid groups (broad SMARTS) is 2. The average Bonchev–Trinajstić information content (AvgIpc) is 3.02. The first kappa shape index (κ1) is 17.6. The number of aliphatic carboxylic acids is 2. The van der Waals surface area contributed by atoms with Gasteiger partial charge in [-0.3, -0.25) is 0 Å². The number of aromatic amines is 4. The lowest BCUT2D eigenvalue weighted by Crippen LogP contribution is -3.00. The Morgan fingerprint density at radius 1 is 1.00 bits per heavy atom. The first-order valence-corrected chi connectivity index (χ1v) is 5.41. The number of imidazole rings is 2. The Labute approximate surface area is 119 Å². The van der Waals surface area contributed by atoms with Crippen LogP contribution in [0.2, 0.25) is 0 Å². The first-order valence-electron chi connectivity index (χ1n) is 5.41. The zero-order chi connectivity index (χ0) is 14.1. The van der Waals surface area contributed by atoms with Gasteiger partial charge in [-0.05, 0) is 0 Å². The van der Waals surface area contributed by atoms with Gasteiger partial charge in [-0.1, -0.05) is 0 Å². The summed E-state index contributed by atoms with van der Waals surface area (Å²) in [7, 11) is 0. The van der Waals surface area contributed by atoms with E-state index in [1.807, 2.05) is 24.8 Å². The van der Waals surface area contributed by atoms with E-state index in [1.165, 1.54) is 0 Å². The molecule has 0 saturated carbocycles. The molecule has 0 aromatic carbocycles. The monoisotopic (exact) mass is 303 g/mol. The Kier molecular flexibility index (Phi) is 8.39. The van der Waals surface area contributed by atoms with E-state index in [2.05, 4.69) is 19.9 Å². The number of carbonyl (C=O) groups is 2. The van der Waals surface area contributed by atoms with Crippen LogP contribution in [0.4, 0.5) is 0 Å². The maximum Gasteiger partial charge on any atom is 0.368 e. The molecule has 0 aliphatic heterocycles. The van der Waals surface area contributed by atoms with Gasteiger partial charge in [0.05, 0.1) is 11.9 Å². The molecule has 2 heterocycles. The second-order valence-corrected chi connectivity index (χ2v) is 3.43. The summed E-state index contributed by atoms with van der Waals surface area (Å²) in [6.07, 6.45) is 7.35. The molecule has 0 aliphatic carbocycles. The number of halogens is 1. The van der Waals surface area contributed by atoms with Gasteiger partial charge < -0.3 is 37.5 Å². The molecule has 0 spiro atoms. The summed E-state index contributed by atoms with van der Waals surface area (Å²) >= 11 is 0. The van der Waals surface area contributed by atoms with Crippen LogP contribution >= 0.6 is 0 Å². The predicted molar refractivity (Wildman–Crippen MR) is 55.4 cm³/mol. The van der Waals surface area contributed by atoms with E-state index in [9.17, 15) is 19.8 Å². The predicted octanol–water partition coefficient (Wildman–Crippen LogP) is -8.31. The number of carbonyl (C=O) groups excluding carboxylic acids is 2. The van der Waals surface area contributed by atoms with Crippen molar-refractivity contribution in [1.82, 2.24) is 9.97 Å². The number of carboxylic acids is 2. The Balaban J connectivity index is 0.000000347. The van der Waals surface area contributed by atoms with Crippen LogP contribution in [0, 0.1) is 0 Å². The SMILES string of the molecule is O=C([O-])C[NH2+]CC(=O)[O-].[Cl-].c1c[nH+]c(-c2[nH]cc[nH+]2)[nH]1. The molecule has 0 atom stereocenters. The molecular weight excluding hydrogens is 290 g/mol. The van der Waals surface area contributed by atoms with Crippen molar-refractivity contribution < 1.29 is 47.5 Å². The zero-order valence-corrected chi connectivity index (χ0v) is 11.1. The van der Waals surface area contributed by atoms with Crippen LogP contribution in [0.5, 0.6) is 0 Å². The molecule has 0 bridgehead atoms. The Morgan fingerprint density at radius 3 is 1.65 bits per heavy atom. The third-order valence-corrected chi connectivity index (χ3v) is 1.95. The van der Waals surface area contributed by atoms with Crippen LogP contribution in [0.15, 0.2) is 24.8 Å². The lowest BCUT2D eigenvalue weighted by Gasteiger charge is -2.01. The molecule has 10 heteroatoms. The average molecular weight is 304 g/mol. The number of H-pyrrole nitrogens is 4. The van der Waals surface area contributed by atoms with Gasteiger partial charge in [0.15, 0.2) is 0 Å². The minimum atomic E-state index is -1.28. The normalized spacial score (nSPS) is 9.00. The van der Waals surface area contributed by atoms with Crippen molar-refractivity contribution in [3.8, 4) is 11.6 Å². The highest BCUT2D eigenvalue weighted by Gasteiger charge is 2.12. The molecule has 9 nitrogen and oxygen atoms in total. The van der Waals surface area contributed by atoms with Gasteiger partial charge in [-0.15, -0.1) is 0 Å². The third-order valence-electron chi connectivity index (χ3n) is 1.95. The van der Waals surface area contributed by atoms with Crippen molar-refractivity contribution >= 4 is 11.9 Å². The van der Waals surface area contributed by atoms with E-state index >= 15 is 0 Å². The number of hydrogen-bond acceptors (Lipinski definition) is 4. The molecule has 0 aliphatic rings. The summed E-state index contributed by atoms with van der Waals surface area (Å²) in [5.74, 6) is -0.664. The molecular formula is C10H14ClN5O4. The standard InChI is InChI=1S/C6H6N4.C4H7NO4.ClH/c1-2-8-5(7-1)6-9-3-4-10-6;6-3(7)1-5-2-4(8)9;/h1-4H,(H,7,8)(H,9,10);5H,1-2H2,(H,6,7)(H,8,9);1H. The van der Waals surface area contributed by atoms with E-state index in [0.717, 1.165) is 17.0 Å². The molecule has 0 saturated heterocycles. The third kappa shape index (κ3) is 7.13. The van der Waals surface area contributed by atoms with E-state index in [-0.39, 0.29) is 25.5 Å². The summed E-state index contributed by atoms with van der Waals surface area (Å²) in [4.78, 5) is 31.3. The Bertz CT molecular complexity index is 453. The Hall–Kier alpha value is -2.39. The lowest BCUT2D eigenvalue weighted by molar-refractivity contribution is -0.645. The van der Waals surface area contributed by atoms with Gasteiger partial charge in [-0.25, -0.2) is 19.9 Å². The number of aromatic nitrogens is 4. The molecule has 6 N–H and O–H groups in total. The second kappa shape index (κ2) is 9.53. The van der Waals surface area contributed by atoms with E-state index in [4.69, 9.17) is 0 Å². The van der Waals surface area contributed by atoms with E-state index < -0.39 is 11.9 Å². The molecule has 2 aromatic rings. The number of rotatable bonds is 5. The smallest absolute Gasteiger partial charge is 0.368 e. The van der Waals surface area contributed by atoms with Gasteiger partial charge in [-0.2, -0.15) is 0 Å². The van der Waals surface area contributed by atoms with Gasteiger partial charge in [0.1, 0.15) is 37.9 Å². The lowest BCUT2D eigenvalue weighted by atomic mass is 10.6. The summed E-state index contributed by atoms with van der Waals surface area (Å²) < 4.78 is 0. The fourth-order valence-corrected chi connectivity index (χ4v) is 1.18. The van der Waals surface area contributed by atoms with Crippen molar-refractivity contribution in [3.63, 3.8) is 0 Å². The van der Waals surface area contributed by atoms with Crippen LogP contribution in [0.3, 0.4) is 0 Å². The maximum absolute atomic E-state index is 9.63. The van der Waals surface area contributed by atoms with Gasteiger partial charge >= 0.3 is 11.6 Å². The van der Waals surface area contributed by atoms with Crippen molar-refractivity contribution in [2.45, 2.75) is 0 Å². The minimum Gasteiger partial charge on any atom is -1.00 e. The van der Waals surface area contributed by atoms with Crippen LogP contribution in [0.25, 0.3) is 11.6 Å². The maximum atomic E-state index is 9.63. The van der Waals surface area contributed by atoms with Crippen LogP contribution < -0.4 is 37.9 Å². The zero-order valence-electron chi connectivity index (χ0n) is 10.3. The highest BCUT2D eigenvalue weighted by Crippen LogP contribution is 1.96. The fourth-order valence-electron chi connectivity index (χ4n) is 1.18. The van der Waals surface area contributed by atoms with Crippen molar-refractivity contribution in [1.29, 1.82) is 0 Å². The first-order chi connectivity index (χ1) is 9.09. The fraction of sp³-hybridized carbons (Fsp3) is 0.200. The van der Waals surface area contributed by atoms with Crippen molar-refractivity contribution in [3.05, 3.63) is 24.8 Å². The number of nitrogens with two attached hydrogens (primary N) is 1. The van der Waals surface area contributed by atoms with E-state index in [1.54, 1.807) is 0 Å². The van der Waals surface area contributed by atoms with Crippen molar-refractivity contribution in [2.24, 2.45) is 0 Å². The quantitative estimate of drug-likeness (QED) is 0.501. The Morgan fingerprint density at radius 2 is 1.40 bits per heavy atom. The molecule has 110 valence electrons. The highest BCUT2D eigenvalue weighted by molar-refractivity contribution is 5.67. The largest absolute Gasteiger partial charge is 1.00 e. The highest BCUT2D eigenvalue weighted by atomic mass is 35.5. The van der Waals surface area contributed by atoms with E-state index in [0.29, 0.717) is 0 Å².